The molecule has 0 aliphatic carbocycles. The Labute approximate surface area is 78.0 Å². The Morgan fingerprint density at radius 3 is 2.23 bits per heavy atom. The van der Waals surface area contributed by atoms with Crippen LogP contribution in [-0.2, 0) is 4.79 Å². The molecule has 0 aromatic heterocycles. The highest BCUT2D eigenvalue weighted by Crippen LogP contribution is 2.00. The minimum Gasteiger partial charge on any atom is -0.402 e. The summed E-state index contributed by atoms with van der Waals surface area (Å²) in [6, 6.07) is 0. The van der Waals surface area contributed by atoms with Gasteiger partial charge in [-0.2, -0.15) is 0 Å². The molecule has 0 aliphatic heterocycles. The molecule has 0 saturated heterocycles. The van der Waals surface area contributed by atoms with Gasteiger partial charge in [0.15, 0.2) is 5.78 Å². The van der Waals surface area contributed by atoms with Crippen LogP contribution in [0.25, 0.3) is 0 Å². The molecular formula is C9H15N3O. The van der Waals surface area contributed by atoms with E-state index in [1.807, 2.05) is 0 Å². The quantitative estimate of drug-likeness (QED) is 0.431. The zero-order valence-corrected chi connectivity index (χ0v) is 7.92. The predicted octanol–water partition coefficient (Wildman–Crippen LogP) is 0.341. The van der Waals surface area contributed by atoms with Crippen LogP contribution in [0.1, 0.15) is 13.8 Å². The fourth-order valence-corrected chi connectivity index (χ4v) is 0.724. The van der Waals surface area contributed by atoms with Gasteiger partial charge in [-0.1, -0.05) is 6.58 Å². The van der Waals surface area contributed by atoms with Gasteiger partial charge in [-0.05, 0) is 19.2 Å². The van der Waals surface area contributed by atoms with Crippen LogP contribution in [0, 0.1) is 0 Å². The minimum atomic E-state index is -0.207. The Morgan fingerprint density at radius 2 is 1.92 bits per heavy atom. The molecule has 5 N–H and O–H groups in total. The maximum Gasteiger partial charge on any atom is 0.177 e. The van der Waals surface area contributed by atoms with Crippen LogP contribution in [0.2, 0.25) is 0 Å². The maximum absolute atomic E-state index is 10.9. The van der Waals surface area contributed by atoms with Gasteiger partial charge in [0, 0.05) is 12.6 Å². The summed E-state index contributed by atoms with van der Waals surface area (Å²) in [5, 5.41) is 2.74. The second kappa shape index (κ2) is 5.03. The van der Waals surface area contributed by atoms with Gasteiger partial charge in [0.25, 0.3) is 0 Å². The van der Waals surface area contributed by atoms with E-state index in [0.29, 0.717) is 11.4 Å². The molecular weight excluding hydrogens is 166 g/mol. The van der Waals surface area contributed by atoms with Gasteiger partial charge in [-0.25, -0.2) is 0 Å². The molecule has 0 amide bonds. The summed E-state index contributed by atoms with van der Waals surface area (Å²) in [6.07, 6.45) is 3.02. The second-order valence-corrected chi connectivity index (χ2v) is 2.62. The third-order valence-electron chi connectivity index (χ3n) is 1.30. The second-order valence-electron chi connectivity index (χ2n) is 2.62. The maximum atomic E-state index is 10.9. The van der Waals surface area contributed by atoms with E-state index in [-0.39, 0.29) is 11.5 Å². The van der Waals surface area contributed by atoms with Crippen LogP contribution in [0.4, 0.5) is 0 Å². The van der Waals surface area contributed by atoms with E-state index in [9.17, 15) is 4.79 Å². The molecule has 0 saturated carbocycles. The highest BCUT2D eigenvalue weighted by Gasteiger charge is 2.03. The molecule has 0 aliphatic rings. The van der Waals surface area contributed by atoms with Crippen molar-refractivity contribution >= 4 is 5.78 Å². The molecule has 0 radical (unpaired) electrons. The Hall–Kier alpha value is -1.71. The number of nitrogens with one attached hydrogen (secondary N) is 1. The third-order valence-corrected chi connectivity index (χ3v) is 1.30. The average molecular weight is 181 g/mol. The summed E-state index contributed by atoms with van der Waals surface area (Å²) >= 11 is 0. The first-order valence-corrected chi connectivity index (χ1v) is 3.81. The van der Waals surface area contributed by atoms with Gasteiger partial charge < -0.3 is 16.8 Å². The van der Waals surface area contributed by atoms with Gasteiger partial charge in [0.05, 0.1) is 11.4 Å². The summed E-state index contributed by atoms with van der Waals surface area (Å²) in [6.45, 7) is 6.56. The summed E-state index contributed by atoms with van der Waals surface area (Å²) in [7, 11) is 0. The third kappa shape index (κ3) is 4.00. The van der Waals surface area contributed by atoms with E-state index < -0.39 is 0 Å². The lowest BCUT2D eigenvalue weighted by Gasteiger charge is -2.05. The smallest absolute Gasteiger partial charge is 0.177 e. The Morgan fingerprint density at radius 1 is 1.38 bits per heavy atom. The monoisotopic (exact) mass is 181 g/mol. The van der Waals surface area contributed by atoms with Gasteiger partial charge in [0.2, 0.25) is 0 Å². The first-order chi connectivity index (χ1) is 5.99. The van der Waals surface area contributed by atoms with Crippen molar-refractivity contribution in [2.75, 3.05) is 0 Å². The molecule has 13 heavy (non-hydrogen) atoms. The van der Waals surface area contributed by atoms with Gasteiger partial charge in [-0.3, -0.25) is 4.79 Å². The normalized spacial score (nSPS) is 13.2. The van der Waals surface area contributed by atoms with Crippen molar-refractivity contribution in [2.45, 2.75) is 13.8 Å². The highest BCUT2D eigenvalue weighted by atomic mass is 16.1. The standard InChI is InChI=1S/C9H15N3O/c1-4-12-8(5-6(2)10)9(11)7(3)13/h4-5,12H,1,10-11H2,2-3H3/b6-5-,9-8-. The molecule has 0 rings (SSSR count). The van der Waals surface area contributed by atoms with Crippen molar-refractivity contribution in [3.05, 3.63) is 35.9 Å². The molecule has 0 heterocycles. The number of Topliss-reactive ketones (excluding diaryl/α,β-unsaturated/α-hetero) is 1. The first kappa shape index (κ1) is 11.3. The van der Waals surface area contributed by atoms with Crippen LogP contribution >= 0.6 is 0 Å². The zero-order valence-electron chi connectivity index (χ0n) is 7.92. The van der Waals surface area contributed by atoms with Crippen molar-refractivity contribution in [3.63, 3.8) is 0 Å². The van der Waals surface area contributed by atoms with Crippen molar-refractivity contribution < 1.29 is 4.79 Å². The Bertz CT molecular complexity index is 273. The van der Waals surface area contributed by atoms with Crippen LogP contribution in [0.5, 0.6) is 0 Å². The van der Waals surface area contributed by atoms with Crippen molar-refractivity contribution in [1.82, 2.24) is 5.32 Å². The van der Waals surface area contributed by atoms with Gasteiger partial charge >= 0.3 is 0 Å². The van der Waals surface area contributed by atoms with E-state index in [4.69, 9.17) is 11.5 Å². The topological polar surface area (TPSA) is 81.1 Å². The number of carbonyl (C=O) groups excluding carboxylic acids is 1. The number of carbonyl (C=O) groups is 1. The lowest BCUT2D eigenvalue weighted by atomic mass is 10.2. The summed E-state index contributed by atoms with van der Waals surface area (Å²) < 4.78 is 0. The molecule has 0 atom stereocenters. The fourth-order valence-electron chi connectivity index (χ4n) is 0.724. The molecule has 0 unspecified atom stereocenters. The Kier molecular flexibility index (Phi) is 4.37. The number of hydrogen-bond donors (Lipinski definition) is 3. The zero-order chi connectivity index (χ0) is 10.4. The fraction of sp³-hybridized carbons (Fsp3) is 0.222. The van der Waals surface area contributed by atoms with Crippen LogP contribution < -0.4 is 16.8 Å². The highest BCUT2D eigenvalue weighted by molar-refractivity contribution is 5.93. The molecule has 0 spiro atoms. The molecule has 4 nitrogen and oxygen atoms in total. The molecule has 0 bridgehead atoms. The van der Waals surface area contributed by atoms with Crippen molar-refractivity contribution in [3.8, 4) is 0 Å². The largest absolute Gasteiger partial charge is 0.402 e. The molecule has 0 aromatic carbocycles. The molecule has 0 fully saturated rings. The molecule has 72 valence electrons. The number of ketones is 1. The van der Waals surface area contributed by atoms with E-state index in [1.165, 1.54) is 13.1 Å². The Balaban J connectivity index is 4.99. The lowest BCUT2D eigenvalue weighted by molar-refractivity contribution is -0.113. The van der Waals surface area contributed by atoms with E-state index in [2.05, 4.69) is 11.9 Å². The number of rotatable bonds is 4. The molecule has 0 aromatic rings. The average Bonchev–Trinajstić information content (AvgIpc) is 2.01. The van der Waals surface area contributed by atoms with Gasteiger partial charge in [-0.15, -0.1) is 0 Å². The molecule has 4 heteroatoms. The van der Waals surface area contributed by atoms with Crippen molar-refractivity contribution in [2.24, 2.45) is 11.5 Å². The predicted molar refractivity (Wildman–Crippen MR) is 53.2 cm³/mol. The minimum absolute atomic E-state index is 0.143. The SMILES string of the molecule is C=CNC(/C=C(/C)N)=C(\N)C(C)=O. The summed E-state index contributed by atoms with van der Waals surface area (Å²) in [5.41, 5.74) is 12.1. The number of allylic oxidation sites excluding steroid dienone is 3. The van der Waals surface area contributed by atoms with E-state index >= 15 is 0 Å². The van der Waals surface area contributed by atoms with E-state index in [0.717, 1.165) is 0 Å². The first-order valence-electron chi connectivity index (χ1n) is 3.81. The number of hydrogen-bond acceptors (Lipinski definition) is 4. The van der Waals surface area contributed by atoms with Crippen LogP contribution in [0.15, 0.2) is 35.9 Å². The van der Waals surface area contributed by atoms with Crippen molar-refractivity contribution in [1.29, 1.82) is 0 Å². The van der Waals surface area contributed by atoms with E-state index in [1.54, 1.807) is 13.0 Å². The number of nitrogens with two attached hydrogens (primary N) is 2. The lowest BCUT2D eigenvalue weighted by Crippen LogP contribution is -2.17. The van der Waals surface area contributed by atoms with Crippen LogP contribution in [-0.4, -0.2) is 5.78 Å². The van der Waals surface area contributed by atoms with Gasteiger partial charge in [0.1, 0.15) is 0 Å². The summed E-state index contributed by atoms with van der Waals surface area (Å²) in [5.74, 6) is -0.207. The van der Waals surface area contributed by atoms with Crippen LogP contribution in [0.3, 0.4) is 0 Å². The summed E-state index contributed by atoms with van der Waals surface area (Å²) in [4.78, 5) is 10.9.